The van der Waals surface area contributed by atoms with Crippen molar-refractivity contribution in [2.45, 2.75) is 12.8 Å². The molecule has 1 aromatic rings. The third-order valence-corrected chi connectivity index (χ3v) is 1.43. The Morgan fingerprint density at radius 3 is 2.62 bits per heavy atom. The van der Waals surface area contributed by atoms with Crippen LogP contribution in [0, 0.1) is 0 Å². The Balaban J connectivity index is 2.72. The van der Waals surface area contributed by atoms with Crippen LogP contribution in [0.5, 0.6) is 5.88 Å². The largest absolute Gasteiger partial charge is 0.468 e. The van der Waals surface area contributed by atoms with Gasteiger partial charge >= 0.3 is 6.18 Å². The van der Waals surface area contributed by atoms with Crippen LogP contribution in [0.3, 0.4) is 0 Å². The summed E-state index contributed by atoms with van der Waals surface area (Å²) in [7, 11) is 1.41. The highest BCUT2D eigenvalue weighted by Gasteiger charge is 2.28. The maximum atomic E-state index is 11.9. The fraction of sp³-hybridized carbons (Fsp3) is 0.500. The molecule has 0 aliphatic rings. The van der Waals surface area contributed by atoms with Gasteiger partial charge in [-0.3, -0.25) is 0 Å². The maximum absolute atomic E-state index is 11.9. The number of hydrogen-bond acceptors (Lipinski definition) is 5. The van der Waals surface area contributed by atoms with E-state index in [-0.39, 0.29) is 24.1 Å². The molecule has 2 N–H and O–H groups in total. The zero-order valence-electron chi connectivity index (χ0n) is 8.41. The highest BCUT2D eigenvalue weighted by Crippen LogP contribution is 2.18. The Morgan fingerprint density at radius 2 is 2.06 bits per heavy atom. The molecule has 0 radical (unpaired) electrons. The summed E-state index contributed by atoms with van der Waals surface area (Å²) in [6.45, 7) is -1.37. The number of aromatic nitrogens is 2. The van der Waals surface area contributed by atoms with Crippen LogP contribution in [0.2, 0.25) is 0 Å². The van der Waals surface area contributed by atoms with E-state index in [9.17, 15) is 13.2 Å². The van der Waals surface area contributed by atoms with Gasteiger partial charge in [0.1, 0.15) is 12.4 Å². The van der Waals surface area contributed by atoms with Crippen molar-refractivity contribution in [3.63, 3.8) is 0 Å². The third kappa shape index (κ3) is 4.30. The Kier molecular flexibility index (Phi) is 3.88. The molecule has 1 aromatic heterocycles. The minimum atomic E-state index is -4.42. The van der Waals surface area contributed by atoms with E-state index >= 15 is 0 Å². The highest BCUT2D eigenvalue weighted by atomic mass is 19.4. The fourth-order valence-corrected chi connectivity index (χ4v) is 0.916. The van der Waals surface area contributed by atoms with Crippen molar-refractivity contribution in [3.8, 4) is 5.88 Å². The molecule has 0 unspecified atom stereocenters. The van der Waals surface area contributed by atoms with Gasteiger partial charge in [0.05, 0.1) is 0 Å². The molecule has 90 valence electrons. The Hall–Kier alpha value is -1.57. The SMILES string of the molecule is COCc1nc(N)cc(OCC(F)(F)F)n1. The average Bonchev–Trinajstić information content (AvgIpc) is 2.13. The first-order chi connectivity index (χ1) is 7.40. The maximum Gasteiger partial charge on any atom is 0.422 e. The quantitative estimate of drug-likeness (QED) is 0.850. The van der Waals surface area contributed by atoms with E-state index in [1.165, 1.54) is 7.11 Å². The molecule has 0 bridgehead atoms. The van der Waals surface area contributed by atoms with Crippen LogP contribution in [0.1, 0.15) is 5.82 Å². The number of alkyl halides is 3. The summed E-state index contributed by atoms with van der Waals surface area (Å²) in [5.74, 6) is -0.0317. The first-order valence-corrected chi connectivity index (χ1v) is 4.22. The Bertz CT molecular complexity index is 357. The van der Waals surface area contributed by atoms with Crippen LogP contribution in [-0.2, 0) is 11.3 Å². The molecule has 1 heterocycles. The van der Waals surface area contributed by atoms with Crippen LogP contribution < -0.4 is 10.5 Å². The molecule has 0 spiro atoms. The highest BCUT2D eigenvalue weighted by molar-refractivity contribution is 5.32. The number of halogens is 3. The molecule has 8 heteroatoms. The number of nitrogens with zero attached hydrogens (tertiary/aromatic N) is 2. The Morgan fingerprint density at radius 1 is 1.38 bits per heavy atom. The van der Waals surface area contributed by atoms with Crippen LogP contribution in [0.25, 0.3) is 0 Å². The van der Waals surface area contributed by atoms with E-state index in [0.29, 0.717) is 0 Å². The lowest BCUT2D eigenvalue weighted by Gasteiger charge is -2.09. The van der Waals surface area contributed by atoms with Gasteiger partial charge in [-0.05, 0) is 0 Å². The second-order valence-electron chi connectivity index (χ2n) is 2.88. The summed E-state index contributed by atoms with van der Waals surface area (Å²) in [6.07, 6.45) is -4.42. The molecule has 0 aliphatic heterocycles. The number of nitrogens with two attached hydrogens (primary N) is 1. The zero-order chi connectivity index (χ0) is 12.2. The molecule has 0 atom stereocenters. The summed E-state index contributed by atoms with van der Waals surface area (Å²) in [5, 5.41) is 0. The molecule has 16 heavy (non-hydrogen) atoms. The topological polar surface area (TPSA) is 70.3 Å². The van der Waals surface area contributed by atoms with Crippen molar-refractivity contribution in [1.29, 1.82) is 0 Å². The van der Waals surface area contributed by atoms with Gasteiger partial charge in [-0.2, -0.15) is 18.2 Å². The monoisotopic (exact) mass is 237 g/mol. The van der Waals surface area contributed by atoms with Crippen molar-refractivity contribution < 1.29 is 22.6 Å². The molecular formula is C8H10F3N3O2. The van der Waals surface area contributed by atoms with E-state index in [2.05, 4.69) is 14.7 Å². The van der Waals surface area contributed by atoms with E-state index in [0.717, 1.165) is 6.07 Å². The summed E-state index contributed by atoms with van der Waals surface area (Å²) < 4.78 is 44.7. The van der Waals surface area contributed by atoms with Crippen LogP contribution in [-0.4, -0.2) is 29.9 Å². The van der Waals surface area contributed by atoms with Gasteiger partial charge in [0.15, 0.2) is 12.4 Å². The van der Waals surface area contributed by atoms with Gasteiger partial charge in [0, 0.05) is 13.2 Å². The lowest BCUT2D eigenvalue weighted by atomic mass is 10.5. The van der Waals surface area contributed by atoms with Gasteiger partial charge < -0.3 is 15.2 Å². The smallest absolute Gasteiger partial charge is 0.422 e. The molecule has 1 rings (SSSR count). The predicted octanol–water partition coefficient (Wildman–Crippen LogP) is 1.15. The molecule has 0 amide bonds. The number of rotatable bonds is 4. The average molecular weight is 237 g/mol. The summed E-state index contributed by atoms with van der Waals surface area (Å²) in [6, 6.07) is 1.12. The molecular weight excluding hydrogens is 227 g/mol. The molecule has 0 aliphatic carbocycles. The molecule has 0 aromatic carbocycles. The van der Waals surface area contributed by atoms with Crippen molar-refractivity contribution >= 4 is 5.82 Å². The number of nitrogen functional groups attached to an aromatic ring is 1. The first kappa shape index (κ1) is 12.5. The standard InChI is InChI=1S/C8H10F3N3O2/c1-15-3-6-13-5(12)2-7(14-6)16-4-8(9,10)11/h2H,3-4H2,1H3,(H2,12,13,14). The predicted molar refractivity (Wildman–Crippen MR) is 48.7 cm³/mol. The van der Waals surface area contributed by atoms with Crippen molar-refractivity contribution in [2.75, 3.05) is 19.5 Å². The summed E-state index contributed by atoms with van der Waals surface area (Å²) in [4.78, 5) is 7.44. The molecule has 0 saturated heterocycles. The second-order valence-corrected chi connectivity index (χ2v) is 2.88. The molecule has 5 nitrogen and oxygen atoms in total. The lowest BCUT2D eigenvalue weighted by molar-refractivity contribution is -0.154. The van der Waals surface area contributed by atoms with Crippen LogP contribution in [0.15, 0.2) is 6.07 Å². The zero-order valence-corrected chi connectivity index (χ0v) is 8.41. The van der Waals surface area contributed by atoms with Crippen molar-refractivity contribution in [3.05, 3.63) is 11.9 Å². The van der Waals surface area contributed by atoms with Gasteiger partial charge in [0.25, 0.3) is 0 Å². The van der Waals surface area contributed by atoms with Crippen LogP contribution >= 0.6 is 0 Å². The van der Waals surface area contributed by atoms with Crippen molar-refractivity contribution in [1.82, 2.24) is 9.97 Å². The number of ether oxygens (including phenoxy) is 2. The van der Waals surface area contributed by atoms with Gasteiger partial charge in [0.2, 0.25) is 5.88 Å². The van der Waals surface area contributed by atoms with E-state index in [1.807, 2.05) is 0 Å². The number of anilines is 1. The minimum absolute atomic E-state index is 0.0271. The van der Waals surface area contributed by atoms with Gasteiger partial charge in [-0.15, -0.1) is 0 Å². The first-order valence-electron chi connectivity index (χ1n) is 4.22. The molecule has 0 saturated carbocycles. The molecule has 0 fully saturated rings. The van der Waals surface area contributed by atoms with Gasteiger partial charge in [-0.25, -0.2) is 4.98 Å². The normalized spacial score (nSPS) is 11.5. The second kappa shape index (κ2) is 4.97. The summed E-state index contributed by atoms with van der Waals surface area (Å²) >= 11 is 0. The summed E-state index contributed by atoms with van der Waals surface area (Å²) in [5.41, 5.74) is 5.36. The van der Waals surface area contributed by atoms with E-state index in [1.54, 1.807) is 0 Å². The number of methoxy groups -OCH3 is 1. The lowest BCUT2D eigenvalue weighted by Crippen LogP contribution is -2.20. The van der Waals surface area contributed by atoms with Crippen LogP contribution in [0.4, 0.5) is 19.0 Å². The van der Waals surface area contributed by atoms with E-state index in [4.69, 9.17) is 10.5 Å². The van der Waals surface area contributed by atoms with Crippen molar-refractivity contribution in [2.24, 2.45) is 0 Å². The number of hydrogen-bond donors (Lipinski definition) is 1. The third-order valence-electron chi connectivity index (χ3n) is 1.43. The van der Waals surface area contributed by atoms with Gasteiger partial charge in [-0.1, -0.05) is 0 Å². The Labute approximate surface area is 89.4 Å². The minimum Gasteiger partial charge on any atom is -0.468 e. The fourth-order valence-electron chi connectivity index (χ4n) is 0.916. The van der Waals surface area contributed by atoms with E-state index < -0.39 is 12.8 Å².